The molecular weight excluding hydrogens is 415 g/mol. The number of ether oxygens (including phenoxy) is 1. The lowest BCUT2D eigenvalue weighted by Gasteiger charge is -2.35. The molecule has 3 heterocycles. The van der Waals surface area contributed by atoms with Gasteiger partial charge in [0.1, 0.15) is 5.82 Å². The van der Waals surface area contributed by atoms with Crippen LogP contribution in [0.1, 0.15) is 41.6 Å². The van der Waals surface area contributed by atoms with Gasteiger partial charge in [-0.25, -0.2) is 9.37 Å². The number of aryl methyl sites for hydroxylation is 1. The van der Waals surface area contributed by atoms with E-state index in [1.807, 2.05) is 19.0 Å². The molecular formula is C22H27FN6O3. The molecule has 10 heteroatoms. The van der Waals surface area contributed by atoms with Crippen LogP contribution in [-0.4, -0.2) is 54.6 Å². The number of hydrogen-bond donors (Lipinski definition) is 2. The molecule has 0 spiro atoms. The lowest BCUT2D eigenvalue weighted by Crippen LogP contribution is -2.43. The first-order valence-electron chi connectivity index (χ1n) is 10.6. The summed E-state index contributed by atoms with van der Waals surface area (Å²) in [6.07, 6.45) is 6.30. The molecule has 32 heavy (non-hydrogen) atoms. The van der Waals surface area contributed by atoms with Gasteiger partial charge in [-0.3, -0.25) is 14.5 Å². The molecule has 0 radical (unpaired) electrons. The summed E-state index contributed by atoms with van der Waals surface area (Å²) in [4.78, 5) is 36.0. The number of carbonyl (C=O) groups excluding carboxylic acids is 2. The third-order valence-corrected chi connectivity index (χ3v) is 6.07. The van der Waals surface area contributed by atoms with Crippen LogP contribution < -0.4 is 20.9 Å². The third kappa shape index (κ3) is 4.22. The second-order valence-corrected chi connectivity index (χ2v) is 8.53. The first kappa shape index (κ1) is 21.9. The zero-order chi connectivity index (χ0) is 23.0. The molecule has 1 aromatic heterocycles. The quantitative estimate of drug-likeness (QED) is 0.634. The van der Waals surface area contributed by atoms with Gasteiger partial charge >= 0.3 is 0 Å². The van der Waals surface area contributed by atoms with Gasteiger partial charge in [0.05, 0.1) is 29.7 Å². The number of fused-ring (bicyclic) bond motifs is 2. The molecule has 2 amide bonds. The summed E-state index contributed by atoms with van der Waals surface area (Å²) in [5, 5.41) is 3.00. The molecule has 2 aliphatic rings. The van der Waals surface area contributed by atoms with E-state index in [4.69, 9.17) is 10.5 Å². The summed E-state index contributed by atoms with van der Waals surface area (Å²) in [6, 6.07) is 2.55. The van der Waals surface area contributed by atoms with Crippen molar-refractivity contribution in [3.63, 3.8) is 0 Å². The van der Waals surface area contributed by atoms with Crippen molar-refractivity contribution in [2.45, 2.75) is 50.9 Å². The van der Waals surface area contributed by atoms with Gasteiger partial charge in [-0.2, -0.15) is 4.98 Å². The molecule has 2 saturated heterocycles. The average Bonchev–Trinajstić information content (AvgIpc) is 3.08. The largest absolute Gasteiger partial charge is 0.375 e. The monoisotopic (exact) mass is 442 g/mol. The number of amides is 2. The van der Waals surface area contributed by atoms with Gasteiger partial charge in [0.2, 0.25) is 12.4 Å². The predicted octanol–water partition coefficient (Wildman–Crippen LogP) is 2.51. The second kappa shape index (κ2) is 8.70. The summed E-state index contributed by atoms with van der Waals surface area (Å²) in [7, 11) is 3.71. The molecule has 1 aromatic carbocycles. The van der Waals surface area contributed by atoms with Crippen LogP contribution in [0.2, 0.25) is 0 Å². The van der Waals surface area contributed by atoms with E-state index in [9.17, 15) is 14.0 Å². The Morgan fingerprint density at radius 2 is 1.97 bits per heavy atom. The number of rotatable bonds is 7. The highest BCUT2D eigenvalue weighted by molar-refractivity contribution is 5.94. The number of aromatic nitrogens is 2. The Morgan fingerprint density at radius 1 is 1.28 bits per heavy atom. The molecule has 0 saturated carbocycles. The zero-order valence-electron chi connectivity index (χ0n) is 18.3. The lowest BCUT2D eigenvalue weighted by atomic mass is 10.0. The highest BCUT2D eigenvalue weighted by atomic mass is 19.1. The smallest absolute Gasteiger partial charge is 0.251 e. The molecule has 3 N–H and O–H groups in total. The number of hydrogen-bond acceptors (Lipinski definition) is 7. The predicted molar refractivity (Wildman–Crippen MR) is 119 cm³/mol. The Hall–Kier alpha value is -3.27. The van der Waals surface area contributed by atoms with Crippen molar-refractivity contribution in [2.24, 2.45) is 5.73 Å². The number of carbonyl (C=O) groups is 2. The van der Waals surface area contributed by atoms with Crippen LogP contribution in [0.5, 0.6) is 0 Å². The van der Waals surface area contributed by atoms with E-state index in [1.54, 1.807) is 18.0 Å². The fourth-order valence-corrected chi connectivity index (χ4v) is 4.42. The maximum atomic E-state index is 14.3. The fourth-order valence-electron chi connectivity index (χ4n) is 4.42. The highest BCUT2D eigenvalue weighted by Crippen LogP contribution is 2.37. The first-order valence-corrected chi connectivity index (χ1v) is 10.6. The summed E-state index contributed by atoms with van der Waals surface area (Å²) >= 11 is 0. The molecule has 2 atom stereocenters. The molecule has 2 aromatic rings. The molecule has 2 unspecified atom stereocenters. The van der Waals surface area contributed by atoms with Crippen molar-refractivity contribution in [3.05, 3.63) is 35.3 Å². The van der Waals surface area contributed by atoms with Crippen LogP contribution >= 0.6 is 0 Å². The topological polar surface area (TPSA) is 114 Å². The minimum absolute atomic E-state index is 0.0192. The number of primary amides is 1. The Bertz CT molecular complexity index is 1030. The van der Waals surface area contributed by atoms with Gasteiger partial charge in [-0.1, -0.05) is 0 Å². The molecule has 4 rings (SSSR count). The molecule has 0 aliphatic carbocycles. The third-order valence-electron chi connectivity index (χ3n) is 6.07. The van der Waals surface area contributed by atoms with Crippen LogP contribution in [-0.2, 0) is 9.53 Å². The molecule has 170 valence electrons. The van der Waals surface area contributed by atoms with Crippen molar-refractivity contribution in [1.29, 1.82) is 0 Å². The molecule has 2 fully saturated rings. The summed E-state index contributed by atoms with van der Waals surface area (Å²) in [6.45, 7) is 1.72. The van der Waals surface area contributed by atoms with Gasteiger partial charge in [0.15, 0.2) is 5.82 Å². The Morgan fingerprint density at radius 3 is 2.56 bits per heavy atom. The second-order valence-electron chi connectivity index (χ2n) is 8.53. The SMILES string of the molecule is Cc1cc(C(N)=O)c(F)cc1Nc1ncc(N(C)C)c(N(C=O)C2CC3CCC(C2)O3)n1. The van der Waals surface area contributed by atoms with Gasteiger partial charge < -0.3 is 20.7 Å². The van der Waals surface area contributed by atoms with Gasteiger partial charge in [0, 0.05) is 25.8 Å². The highest BCUT2D eigenvalue weighted by Gasteiger charge is 2.38. The Kier molecular flexibility index (Phi) is 5.96. The summed E-state index contributed by atoms with van der Waals surface area (Å²) in [5.74, 6) is -0.886. The minimum Gasteiger partial charge on any atom is -0.375 e. The van der Waals surface area contributed by atoms with E-state index in [0.29, 0.717) is 22.8 Å². The fraction of sp³-hybridized carbons (Fsp3) is 0.455. The summed E-state index contributed by atoms with van der Waals surface area (Å²) in [5.41, 5.74) is 6.73. The van der Waals surface area contributed by atoms with Gasteiger partial charge in [-0.05, 0) is 50.3 Å². The van der Waals surface area contributed by atoms with Gasteiger partial charge in [-0.15, -0.1) is 0 Å². The van der Waals surface area contributed by atoms with E-state index in [1.165, 1.54) is 12.1 Å². The molecule has 2 aliphatic heterocycles. The number of benzene rings is 1. The number of nitrogens with two attached hydrogens (primary N) is 1. The minimum atomic E-state index is -0.835. The van der Waals surface area contributed by atoms with Gasteiger partial charge in [0.25, 0.3) is 5.91 Å². The van der Waals surface area contributed by atoms with E-state index >= 15 is 0 Å². The van der Waals surface area contributed by atoms with Crippen LogP contribution in [0.15, 0.2) is 18.3 Å². The zero-order valence-corrected chi connectivity index (χ0v) is 18.3. The van der Waals surface area contributed by atoms with Crippen molar-refractivity contribution < 1.29 is 18.7 Å². The molecule has 2 bridgehead atoms. The average molecular weight is 442 g/mol. The van der Waals surface area contributed by atoms with E-state index < -0.39 is 11.7 Å². The molecule has 9 nitrogen and oxygen atoms in total. The van der Waals surface area contributed by atoms with E-state index in [-0.39, 0.29) is 29.8 Å². The normalized spacial score (nSPS) is 21.8. The maximum absolute atomic E-state index is 14.3. The van der Waals surface area contributed by atoms with Crippen molar-refractivity contribution >= 4 is 35.5 Å². The van der Waals surface area contributed by atoms with Crippen molar-refractivity contribution in [1.82, 2.24) is 9.97 Å². The standard InChI is InChI=1S/C22H27FN6O3/c1-12-6-16(20(24)31)17(23)9-18(12)26-22-25-10-19(28(2)3)21(27-22)29(11-30)13-7-14-4-5-15(8-13)32-14/h6,9-11,13-15H,4-5,7-8H2,1-3H3,(H2,24,31)(H,25,26,27). The Balaban J connectivity index is 1.67. The van der Waals surface area contributed by atoms with E-state index in [0.717, 1.165) is 32.1 Å². The Labute approximate surface area is 185 Å². The number of halogens is 1. The lowest BCUT2D eigenvalue weighted by molar-refractivity contribution is -0.108. The number of nitrogens with one attached hydrogen (secondary N) is 1. The van der Waals surface area contributed by atoms with Crippen molar-refractivity contribution in [2.75, 3.05) is 29.2 Å². The number of nitrogens with zero attached hydrogens (tertiary/aromatic N) is 4. The van der Waals surface area contributed by atoms with Crippen molar-refractivity contribution in [3.8, 4) is 0 Å². The van der Waals surface area contributed by atoms with Crippen LogP contribution in [0, 0.1) is 12.7 Å². The van der Waals surface area contributed by atoms with Crippen LogP contribution in [0.25, 0.3) is 0 Å². The van der Waals surface area contributed by atoms with E-state index in [2.05, 4.69) is 15.3 Å². The number of anilines is 4. The van der Waals surface area contributed by atoms with Crippen LogP contribution in [0.4, 0.5) is 27.5 Å². The van der Waals surface area contributed by atoms with Crippen LogP contribution in [0.3, 0.4) is 0 Å². The summed E-state index contributed by atoms with van der Waals surface area (Å²) < 4.78 is 20.2. The maximum Gasteiger partial charge on any atom is 0.251 e. The first-order chi connectivity index (χ1) is 15.3.